The molecule has 0 spiro atoms. The van der Waals surface area contributed by atoms with Crippen molar-refractivity contribution < 1.29 is 4.43 Å². The van der Waals surface area contributed by atoms with Gasteiger partial charge in [0.1, 0.15) is 0 Å². The molecule has 1 unspecified atom stereocenters. The van der Waals surface area contributed by atoms with Gasteiger partial charge in [-0.1, -0.05) is 54.0 Å². The van der Waals surface area contributed by atoms with Crippen LogP contribution in [0.4, 0.5) is 0 Å². The lowest BCUT2D eigenvalue weighted by Gasteiger charge is -2.42. The molecule has 3 aliphatic rings. The predicted octanol–water partition coefficient (Wildman–Crippen LogP) is 6.58. The minimum Gasteiger partial charge on any atom is -0.416 e. The maximum absolute atomic E-state index is 6.82. The Labute approximate surface area is 174 Å². The summed E-state index contributed by atoms with van der Waals surface area (Å²) in [4.78, 5) is 0. The molecule has 1 heterocycles. The van der Waals surface area contributed by atoms with Crippen molar-refractivity contribution in [2.75, 3.05) is 6.61 Å². The van der Waals surface area contributed by atoms with Crippen LogP contribution in [0.3, 0.4) is 0 Å². The lowest BCUT2D eigenvalue weighted by atomic mass is 9.70. The SMILES string of the molecule is CC(C)[Si](OCCCC1CCCC2=C1[C@@H](C)C1=CNNC1=C2)(C(C)C)C(C)C. The Morgan fingerprint density at radius 3 is 2.43 bits per heavy atom. The van der Waals surface area contributed by atoms with Crippen molar-refractivity contribution in [2.45, 2.75) is 97.2 Å². The first-order chi connectivity index (χ1) is 13.3. The van der Waals surface area contributed by atoms with Gasteiger partial charge in [-0.05, 0) is 66.3 Å². The molecule has 2 atom stereocenters. The summed E-state index contributed by atoms with van der Waals surface area (Å²) in [5.74, 6) is 1.27. The van der Waals surface area contributed by atoms with Gasteiger partial charge in [-0.2, -0.15) is 0 Å². The van der Waals surface area contributed by atoms with E-state index < -0.39 is 8.32 Å². The fourth-order valence-corrected chi connectivity index (χ4v) is 11.9. The van der Waals surface area contributed by atoms with Gasteiger partial charge in [0.2, 0.25) is 0 Å². The molecule has 0 amide bonds. The molecule has 28 heavy (non-hydrogen) atoms. The van der Waals surface area contributed by atoms with Gasteiger partial charge in [0.05, 0.1) is 5.70 Å². The molecule has 0 aromatic carbocycles. The predicted molar refractivity (Wildman–Crippen MR) is 122 cm³/mol. The Kier molecular flexibility index (Phi) is 6.81. The summed E-state index contributed by atoms with van der Waals surface area (Å²) in [6, 6.07) is 0. The zero-order valence-electron chi connectivity index (χ0n) is 19.2. The third-order valence-electron chi connectivity index (χ3n) is 7.56. The van der Waals surface area contributed by atoms with Crippen molar-refractivity contribution in [3.63, 3.8) is 0 Å². The van der Waals surface area contributed by atoms with Gasteiger partial charge >= 0.3 is 0 Å². The molecule has 3 rings (SSSR count). The van der Waals surface area contributed by atoms with Crippen LogP contribution in [0.25, 0.3) is 0 Å². The highest BCUT2D eigenvalue weighted by atomic mass is 28.4. The number of nitrogens with one attached hydrogen (secondary N) is 2. The average Bonchev–Trinajstić information content (AvgIpc) is 3.09. The van der Waals surface area contributed by atoms with Crippen molar-refractivity contribution in [1.29, 1.82) is 0 Å². The zero-order chi connectivity index (χ0) is 20.5. The molecule has 3 nitrogen and oxygen atoms in total. The summed E-state index contributed by atoms with van der Waals surface area (Å²) < 4.78 is 6.82. The highest BCUT2D eigenvalue weighted by Crippen LogP contribution is 2.46. The van der Waals surface area contributed by atoms with Crippen LogP contribution < -0.4 is 10.9 Å². The smallest absolute Gasteiger partial charge is 0.200 e. The molecule has 0 fully saturated rings. The molecule has 158 valence electrons. The van der Waals surface area contributed by atoms with Gasteiger partial charge in [-0.15, -0.1) is 0 Å². The number of fused-ring (bicyclic) bond motifs is 1. The Morgan fingerprint density at radius 2 is 1.79 bits per heavy atom. The van der Waals surface area contributed by atoms with Crippen LogP contribution in [0.2, 0.25) is 16.6 Å². The van der Waals surface area contributed by atoms with E-state index in [2.05, 4.69) is 71.6 Å². The van der Waals surface area contributed by atoms with Crippen LogP contribution in [0.5, 0.6) is 0 Å². The number of hydrogen-bond donors (Lipinski definition) is 2. The highest BCUT2D eigenvalue weighted by Gasteiger charge is 2.45. The summed E-state index contributed by atoms with van der Waals surface area (Å²) in [5.41, 5.74) is 14.6. The molecular formula is C24H42N2OSi. The monoisotopic (exact) mass is 402 g/mol. The van der Waals surface area contributed by atoms with Gasteiger partial charge in [-0.25, -0.2) is 0 Å². The lowest BCUT2D eigenvalue weighted by Crippen LogP contribution is -2.48. The van der Waals surface area contributed by atoms with E-state index in [0.29, 0.717) is 22.5 Å². The molecule has 0 aromatic heterocycles. The number of allylic oxidation sites excluding steroid dienone is 4. The minimum atomic E-state index is -1.73. The van der Waals surface area contributed by atoms with E-state index in [0.717, 1.165) is 12.5 Å². The standard InChI is InChI=1S/C24H42N2OSi/c1-16(2)28(17(3)4,18(5)6)27-13-9-12-20-10-8-11-21-14-23-22(15-25-26-23)19(7)24(20)21/h14-20,25-26H,8-13H2,1-7H3/t19-,20?/m0/s1. The molecule has 4 heteroatoms. The maximum atomic E-state index is 6.82. The van der Waals surface area contributed by atoms with Crippen molar-refractivity contribution in [1.82, 2.24) is 10.9 Å². The van der Waals surface area contributed by atoms with E-state index in [-0.39, 0.29) is 0 Å². The Morgan fingerprint density at radius 1 is 1.11 bits per heavy atom. The van der Waals surface area contributed by atoms with E-state index in [1.54, 1.807) is 11.1 Å². The minimum absolute atomic E-state index is 0.541. The van der Waals surface area contributed by atoms with Gasteiger partial charge < -0.3 is 15.3 Å². The van der Waals surface area contributed by atoms with Crippen LogP contribution in [0, 0.1) is 11.8 Å². The zero-order valence-corrected chi connectivity index (χ0v) is 20.2. The van der Waals surface area contributed by atoms with Crippen LogP contribution in [-0.2, 0) is 4.43 Å². The summed E-state index contributed by atoms with van der Waals surface area (Å²) in [6.07, 6.45) is 11.0. The highest BCUT2D eigenvalue weighted by molar-refractivity contribution is 6.77. The second kappa shape index (κ2) is 8.79. The van der Waals surface area contributed by atoms with Crippen LogP contribution in [0.15, 0.2) is 34.7 Å². The summed E-state index contributed by atoms with van der Waals surface area (Å²) in [6.45, 7) is 17.6. The van der Waals surface area contributed by atoms with Crippen molar-refractivity contribution in [2.24, 2.45) is 11.8 Å². The van der Waals surface area contributed by atoms with E-state index in [9.17, 15) is 0 Å². The van der Waals surface area contributed by atoms with Gasteiger partial charge in [0.15, 0.2) is 8.32 Å². The van der Waals surface area contributed by atoms with Crippen LogP contribution in [-0.4, -0.2) is 14.9 Å². The molecular weight excluding hydrogens is 360 g/mol. The number of hydrogen-bond acceptors (Lipinski definition) is 3. The van der Waals surface area contributed by atoms with Gasteiger partial charge in [0.25, 0.3) is 0 Å². The summed E-state index contributed by atoms with van der Waals surface area (Å²) >= 11 is 0. The molecule has 0 saturated heterocycles. The second-order valence-corrected chi connectivity index (χ2v) is 15.5. The largest absolute Gasteiger partial charge is 0.416 e. The first-order valence-electron chi connectivity index (χ1n) is 11.6. The average molecular weight is 403 g/mol. The maximum Gasteiger partial charge on any atom is 0.200 e. The Hall–Kier alpha value is -1.00. The van der Waals surface area contributed by atoms with Gasteiger partial charge in [-0.3, -0.25) is 0 Å². The second-order valence-electron chi connectivity index (χ2n) is 10.0. The molecule has 2 aliphatic carbocycles. The van der Waals surface area contributed by atoms with E-state index >= 15 is 0 Å². The number of hydrazine groups is 1. The first-order valence-corrected chi connectivity index (χ1v) is 13.7. The fourth-order valence-electron chi connectivity index (χ4n) is 6.43. The van der Waals surface area contributed by atoms with Crippen LogP contribution in [0.1, 0.15) is 80.6 Å². The molecule has 1 aliphatic heterocycles. The van der Waals surface area contributed by atoms with Crippen LogP contribution >= 0.6 is 0 Å². The topological polar surface area (TPSA) is 33.3 Å². The quantitative estimate of drug-likeness (QED) is 0.355. The first kappa shape index (κ1) is 21.7. The van der Waals surface area contributed by atoms with Crippen molar-refractivity contribution in [3.8, 4) is 0 Å². The third kappa shape index (κ3) is 3.87. The molecule has 0 aromatic rings. The number of rotatable bonds is 8. The lowest BCUT2D eigenvalue weighted by molar-refractivity contribution is 0.258. The molecule has 0 bridgehead atoms. The summed E-state index contributed by atoms with van der Waals surface area (Å²) in [7, 11) is -1.73. The van der Waals surface area contributed by atoms with E-state index in [1.165, 1.54) is 43.4 Å². The van der Waals surface area contributed by atoms with E-state index in [1.807, 2.05) is 0 Å². The fraction of sp³-hybridized carbons (Fsp3) is 0.750. The van der Waals surface area contributed by atoms with Gasteiger partial charge in [0, 0.05) is 24.3 Å². The molecule has 0 saturated carbocycles. The van der Waals surface area contributed by atoms with E-state index in [4.69, 9.17) is 4.43 Å². The van der Waals surface area contributed by atoms with Crippen molar-refractivity contribution in [3.05, 3.63) is 34.7 Å². The Balaban J connectivity index is 1.64. The summed E-state index contributed by atoms with van der Waals surface area (Å²) in [5, 5.41) is 0. The van der Waals surface area contributed by atoms with Crippen molar-refractivity contribution >= 4 is 8.32 Å². The Bertz CT molecular complexity index is 638. The third-order valence-corrected chi connectivity index (χ3v) is 13.7. The molecule has 2 N–H and O–H groups in total. The normalized spacial score (nSPS) is 24.8. The molecule has 0 radical (unpaired) electrons.